The maximum atomic E-state index is 13.3. The third kappa shape index (κ3) is 3.24. The van der Waals surface area contributed by atoms with Gasteiger partial charge in [-0.3, -0.25) is 0 Å². The van der Waals surface area contributed by atoms with Crippen LogP contribution < -0.4 is 4.72 Å². The Morgan fingerprint density at radius 1 is 1.33 bits per heavy atom. The van der Waals surface area contributed by atoms with Crippen molar-refractivity contribution < 1.29 is 13.0 Å². The standard InChI is InChI=1S/C9H10BrF2NOS/c1-5(2)15(14)13-9-4-7(11)6(10)3-8(9)12/h3-5,13H,1-2H3. The zero-order chi connectivity index (χ0) is 11.6. The van der Waals surface area contributed by atoms with Crippen molar-refractivity contribution in [3.63, 3.8) is 0 Å². The highest BCUT2D eigenvalue weighted by molar-refractivity contribution is 9.10. The zero-order valence-corrected chi connectivity index (χ0v) is 10.6. The predicted molar refractivity (Wildman–Crippen MR) is 61.0 cm³/mol. The van der Waals surface area contributed by atoms with Crippen LogP contribution in [0.3, 0.4) is 0 Å². The molecule has 0 aliphatic carbocycles. The number of nitrogens with one attached hydrogen (secondary N) is 1. The van der Waals surface area contributed by atoms with Crippen molar-refractivity contribution in [2.45, 2.75) is 19.1 Å². The number of hydrogen-bond donors (Lipinski definition) is 1. The van der Waals surface area contributed by atoms with Gasteiger partial charge in [0.2, 0.25) is 0 Å². The van der Waals surface area contributed by atoms with Crippen molar-refractivity contribution in [3.8, 4) is 0 Å². The van der Waals surface area contributed by atoms with E-state index in [0.717, 1.165) is 12.1 Å². The van der Waals surface area contributed by atoms with E-state index in [4.69, 9.17) is 0 Å². The zero-order valence-electron chi connectivity index (χ0n) is 8.18. The number of rotatable bonds is 3. The van der Waals surface area contributed by atoms with Gasteiger partial charge in [-0.1, -0.05) is 0 Å². The molecule has 0 bridgehead atoms. The summed E-state index contributed by atoms with van der Waals surface area (Å²) in [5.74, 6) is -1.24. The molecule has 15 heavy (non-hydrogen) atoms. The maximum Gasteiger partial charge on any atom is 0.148 e. The highest BCUT2D eigenvalue weighted by atomic mass is 79.9. The first-order valence-electron chi connectivity index (χ1n) is 4.23. The van der Waals surface area contributed by atoms with E-state index in [1.165, 1.54) is 0 Å². The lowest BCUT2D eigenvalue weighted by atomic mass is 10.3. The van der Waals surface area contributed by atoms with Gasteiger partial charge in [-0.05, 0) is 35.8 Å². The summed E-state index contributed by atoms with van der Waals surface area (Å²) in [5.41, 5.74) is -0.0947. The predicted octanol–water partition coefficient (Wildman–Crippen LogP) is 3.21. The van der Waals surface area contributed by atoms with Gasteiger partial charge < -0.3 is 4.72 Å². The molecule has 6 heteroatoms. The fraction of sp³-hybridized carbons (Fsp3) is 0.333. The third-order valence-electron chi connectivity index (χ3n) is 1.65. The largest absolute Gasteiger partial charge is 0.302 e. The molecule has 0 aliphatic heterocycles. The van der Waals surface area contributed by atoms with Gasteiger partial charge in [0.05, 0.1) is 10.2 Å². The van der Waals surface area contributed by atoms with Crippen LogP contribution in [0.15, 0.2) is 16.6 Å². The summed E-state index contributed by atoms with van der Waals surface area (Å²) >= 11 is 2.86. The Bertz CT molecular complexity index is 398. The molecule has 0 aliphatic rings. The second kappa shape index (κ2) is 5.03. The van der Waals surface area contributed by atoms with Crippen LogP contribution in [0, 0.1) is 11.6 Å². The molecule has 1 aromatic carbocycles. The van der Waals surface area contributed by atoms with Gasteiger partial charge in [0, 0.05) is 11.3 Å². The van der Waals surface area contributed by atoms with Crippen molar-refractivity contribution >= 4 is 32.6 Å². The molecular weight excluding hydrogens is 288 g/mol. The Morgan fingerprint density at radius 3 is 2.47 bits per heavy atom. The van der Waals surface area contributed by atoms with E-state index in [-0.39, 0.29) is 15.4 Å². The highest BCUT2D eigenvalue weighted by Gasteiger charge is 2.11. The van der Waals surface area contributed by atoms with Crippen molar-refractivity contribution in [1.29, 1.82) is 0 Å². The van der Waals surface area contributed by atoms with Crippen LogP contribution in [0.25, 0.3) is 0 Å². The van der Waals surface area contributed by atoms with E-state index in [0.29, 0.717) is 0 Å². The normalized spacial score (nSPS) is 12.9. The van der Waals surface area contributed by atoms with E-state index < -0.39 is 22.6 Å². The molecule has 1 aromatic rings. The van der Waals surface area contributed by atoms with Crippen LogP contribution in [0.2, 0.25) is 0 Å². The first-order valence-corrected chi connectivity index (χ1v) is 6.24. The summed E-state index contributed by atoms with van der Waals surface area (Å²) < 4.78 is 40.1. The van der Waals surface area contributed by atoms with Crippen LogP contribution >= 0.6 is 15.9 Å². The maximum absolute atomic E-state index is 13.3. The minimum Gasteiger partial charge on any atom is -0.302 e. The Labute approximate surface area is 97.8 Å². The summed E-state index contributed by atoms with van der Waals surface area (Å²) in [6.07, 6.45) is 0. The molecular formula is C9H10BrF2NOS. The molecule has 1 unspecified atom stereocenters. The Morgan fingerprint density at radius 2 is 1.93 bits per heavy atom. The summed E-state index contributed by atoms with van der Waals surface area (Å²) in [5, 5.41) is -0.170. The van der Waals surface area contributed by atoms with Gasteiger partial charge >= 0.3 is 0 Å². The molecule has 0 aromatic heterocycles. The van der Waals surface area contributed by atoms with Crippen LogP contribution in [0.4, 0.5) is 14.5 Å². The second-order valence-corrected chi connectivity index (χ2v) is 5.79. The van der Waals surface area contributed by atoms with Gasteiger partial charge in [0.15, 0.2) is 0 Å². The number of benzene rings is 1. The van der Waals surface area contributed by atoms with Gasteiger partial charge in [-0.25, -0.2) is 13.0 Å². The van der Waals surface area contributed by atoms with E-state index in [2.05, 4.69) is 20.7 Å². The molecule has 0 heterocycles. The summed E-state index contributed by atoms with van der Waals surface area (Å²) in [6, 6.07) is 1.97. The molecule has 1 atom stereocenters. The Hall–Kier alpha value is -0.490. The average Bonchev–Trinajstić information content (AvgIpc) is 2.13. The summed E-state index contributed by atoms with van der Waals surface area (Å²) in [6.45, 7) is 3.44. The first kappa shape index (κ1) is 12.6. The van der Waals surface area contributed by atoms with Gasteiger partial charge in [-0.15, -0.1) is 0 Å². The van der Waals surface area contributed by atoms with Crippen molar-refractivity contribution in [3.05, 3.63) is 28.2 Å². The molecule has 0 saturated carbocycles. The van der Waals surface area contributed by atoms with Crippen LogP contribution in [0.1, 0.15) is 13.8 Å². The first-order chi connectivity index (χ1) is 6.91. The Balaban J connectivity index is 2.96. The van der Waals surface area contributed by atoms with E-state index in [9.17, 15) is 13.0 Å². The fourth-order valence-corrected chi connectivity index (χ4v) is 1.75. The average molecular weight is 298 g/mol. The minimum atomic E-state index is -1.42. The molecule has 0 fully saturated rings. The molecule has 0 saturated heterocycles. The van der Waals surface area contributed by atoms with E-state index >= 15 is 0 Å². The molecule has 2 nitrogen and oxygen atoms in total. The summed E-state index contributed by atoms with van der Waals surface area (Å²) in [4.78, 5) is 0. The number of hydrogen-bond acceptors (Lipinski definition) is 1. The summed E-state index contributed by atoms with van der Waals surface area (Å²) in [7, 11) is -1.42. The second-order valence-electron chi connectivity index (χ2n) is 3.19. The molecule has 0 spiro atoms. The van der Waals surface area contributed by atoms with Gasteiger partial charge in [0.1, 0.15) is 22.6 Å². The minimum absolute atomic E-state index is 0.0425. The van der Waals surface area contributed by atoms with Crippen LogP contribution in [0.5, 0.6) is 0 Å². The smallest absolute Gasteiger partial charge is 0.148 e. The molecule has 0 radical (unpaired) electrons. The molecule has 1 N–H and O–H groups in total. The van der Waals surface area contributed by atoms with E-state index in [1.807, 2.05) is 0 Å². The lowest BCUT2D eigenvalue weighted by molar-refractivity contribution is 0.598. The fourth-order valence-electron chi connectivity index (χ4n) is 0.827. The van der Waals surface area contributed by atoms with Crippen molar-refractivity contribution in [1.82, 2.24) is 0 Å². The lowest BCUT2D eigenvalue weighted by Gasteiger charge is -2.10. The number of anilines is 1. The third-order valence-corrected chi connectivity index (χ3v) is 3.53. The SMILES string of the molecule is CC(C)S(=O)Nc1cc(F)c(Br)cc1F. The highest BCUT2D eigenvalue weighted by Crippen LogP contribution is 2.23. The number of halogens is 3. The quantitative estimate of drug-likeness (QED) is 0.853. The molecule has 0 amide bonds. The van der Waals surface area contributed by atoms with Crippen LogP contribution in [-0.2, 0) is 11.0 Å². The molecule has 1 rings (SSSR count). The molecule has 84 valence electrons. The topological polar surface area (TPSA) is 29.1 Å². The van der Waals surface area contributed by atoms with Gasteiger partial charge in [0.25, 0.3) is 0 Å². The monoisotopic (exact) mass is 297 g/mol. The van der Waals surface area contributed by atoms with Crippen molar-refractivity contribution in [2.24, 2.45) is 0 Å². The van der Waals surface area contributed by atoms with Crippen molar-refractivity contribution in [2.75, 3.05) is 4.72 Å². The van der Waals surface area contributed by atoms with Crippen LogP contribution in [-0.4, -0.2) is 9.46 Å². The lowest BCUT2D eigenvalue weighted by Crippen LogP contribution is -2.15. The Kier molecular flexibility index (Phi) is 4.21. The van der Waals surface area contributed by atoms with Gasteiger partial charge in [-0.2, -0.15) is 0 Å². The van der Waals surface area contributed by atoms with E-state index in [1.54, 1.807) is 13.8 Å².